The van der Waals surface area contributed by atoms with Gasteiger partial charge in [0.15, 0.2) is 11.5 Å². The maximum absolute atomic E-state index is 12.4. The number of hydrogen-bond acceptors (Lipinski definition) is 7. The van der Waals surface area contributed by atoms with Gasteiger partial charge in [0.25, 0.3) is 5.56 Å². The Morgan fingerprint density at radius 1 is 1.09 bits per heavy atom. The van der Waals surface area contributed by atoms with Gasteiger partial charge < -0.3 is 5.32 Å². The van der Waals surface area contributed by atoms with Crippen LogP contribution in [-0.2, 0) is 0 Å². The number of rotatable bonds is 4. The number of nitrogens with one attached hydrogen (secondary N) is 1. The van der Waals surface area contributed by atoms with Crippen molar-refractivity contribution in [1.82, 2.24) is 34.3 Å². The summed E-state index contributed by atoms with van der Waals surface area (Å²) in [4.78, 5) is 25.8. The molecule has 0 radical (unpaired) electrons. The van der Waals surface area contributed by atoms with Crippen LogP contribution >= 0.6 is 15.9 Å². The van der Waals surface area contributed by atoms with Crippen molar-refractivity contribution in [2.24, 2.45) is 0 Å². The second kappa shape index (κ2) is 7.49. The Kier molecular flexibility index (Phi) is 4.46. The highest BCUT2D eigenvalue weighted by Crippen LogP contribution is 2.33. The van der Waals surface area contributed by atoms with Crippen molar-refractivity contribution in [3.05, 3.63) is 69.8 Å². The molecule has 5 aromatic rings. The minimum Gasteiger partial charge on any atom is -0.319 e. The number of nitrogens with zero attached hydrogens (tertiary/aromatic N) is 7. The lowest BCUT2D eigenvalue weighted by atomic mass is 9.93. The van der Waals surface area contributed by atoms with Crippen LogP contribution in [0.2, 0.25) is 0 Å². The van der Waals surface area contributed by atoms with Gasteiger partial charge in [-0.1, -0.05) is 12.1 Å². The minimum absolute atomic E-state index is 0.296. The summed E-state index contributed by atoms with van der Waals surface area (Å²) in [5, 5.41) is 13.2. The summed E-state index contributed by atoms with van der Waals surface area (Å²) in [5.41, 5.74) is 2.09. The van der Waals surface area contributed by atoms with E-state index in [-0.39, 0.29) is 5.56 Å². The molecule has 6 rings (SSSR count). The van der Waals surface area contributed by atoms with Crippen molar-refractivity contribution in [2.75, 3.05) is 5.32 Å². The average Bonchev–Trinajstić information content (AvgIpc) is 3.35. The third kappa shape index (κ3) is 3.14. The molecule has 9 nitrogen and oxygen atoms in total. The van der Waals surface area contributed by atoms with Gasteiger partial charge >= 0.3 is 0 Å². The molecule has 10 heteroatoms. The van der Waals surface area contributed by atoms with E-state index in [2.05, 4.69) is 31.3 Å². The molecule has 1 saturated carbocycles. The SMILES string of the molecule is O=c1nccccc1Nc1nc2c(Br)cccc2c2nc(-c3cnn(C4CCC4)c3)nn12. The highest BCUT2D eigenvalue weighted by atomic mass is 79.9. The molecule has 0 bridgehead atoms. The van der Waals surface area contributed by atoms with Gasteiger partial charge in [-0.25, -0.2) is 15.0 Å². The Hall–Kier alpha value is -3.66. The fourth-order valence-electron chi connectivity index (χ4n) is 3.77. The van der Waals surface area contributed by atoms with E-state index in [4.69, 9.17) is 15.1 Å². The summed E-state index contributed by atoms with van der Waals surface area (Å²) in [6, 6.07) is 11.4. The van der Waals surface area contributed by atoms with E-state index >= 15 is 0 Å². The molecular formula is C22H17BrN8O. The molecule has 0 aliphatic heterocycles. The van der Waals surface area contributed by atoms with Gasteiger partial charge in [0.2, 0.25) is 5.95 Å². The second-order valence-corrected chi connectivity index (χ2v) is 8.56. The Balaban J connectivity index is 1.54. The lowest BCUT2D eigenvalue weighted by molar-refractivity contribution is 0.289. The summed E-state index contributed by atoms with van der Waals surface area (Å²) in [5.74, 6) is 0.918. The van der Waals surface area contributed by atoms with Crippen molar-refractivity contribution in [3.63, 3.8) is 0 Å². The predicted molar refractivity (Wildman–Crippen MR) is 124 cm³/mol. The molecule has 0 amide bonds. The summed E-state index contributed by atoms with van der Waals surface area (Å²) < 4.78 is 4.44. The first-order chi connectivity index (χ1) is 15.7. The topological polar surface area (TPSA) is 103 Å². The molecular weight excluding hydrogens is 472 g/mol. The first-order valence-electron chi connectivity index (χ1n) is 10.3. The van der Waals surface area contributed by atoms with Crippen LogP contribution in [0.4, 0.5) is 11.6 Å². The monoisotopic (exact) mass is 488 g/mol. The zero-order valence-electron chi connectivity index (χ0n) is 16.8. The van der Waals surface area contributed by atoms with Crippen LogP contribution in [0.25, 0.3) is 27.9 Å². The molecule has 0 unspecified atom stereocenters. The summed E-state index contributed by atoms with van der Waals surface area (Å²) in [6.45, 7) is 0. The minimum atomic E-state index is -0.390. The number of benzene rings is 1. The first-order valence-corrected chi connectivity index (χ1v) is 11.1. The number of fused-ring (bicyclic) bond motifs is 3. The van der Waals surface area contributed by atoms with E-state index in [1.54, 1.807) is 28.9 Å². The fraction of sp³-hybridized carbons (Fsp3) is 0.182. The van der Waals surface area contributed by atoms with Crippen LogP contribution < -0.4 is 10.9 Å². The number of halogens is 1. The van der Waals surface area contributed by atoms with Crippen LogP contribution in [0.15, 0.2) is 64.3 Å². The Morgan fingerprint density at radius 2 is 2.00 bits per heavy atom. The molecule has 0 atom stereocenters. The lowest BCUT2D eigenvalue weighted by Crippen LogP contribution is -2.16. The summed E-state index contributed by atoms with van der Waals surface area (Å²) in [7, 11) is 0. The predicted octanol–water partition coefficient (Wildman–Crippen LogP) is 4.13. The van der Waals surface area contributed by atoms with Crippen molar-refractivity contribution >= 4 is 44.1 Å². The second-order valence-electron chi connectivity index (χ2n) is 7.71. The molecule has 1 aromatic carbocycles. The van der Waals surface area contributed by atoms with Gasteiger partial charge in [-0.2, -0.15) is 9.61 Å². The molecule has 158 valence electrons. The Labute approximate surface area is 190 Å². The van der Waals surface area contributed by atoms with Crippen LogP contribution in [-0.4, -0.2) is 34.3 Å². The lowest BCUT2D eigenvalue weighted by Gasteiger charge is -2.25. The van der Waals surface area contributed by atoms with Gasteiger partial charge in [-0.15, -0.1) is 5.10 Å². The average molecular weight is 489 g/mol. The molecule has 1 N–H and O–H groups in total. The van der Waals surface area contributed by atoms with E-state index in [0.29, 0.717) is 34.7 Å². The van der Waals surface area contributed by atoms with E-state index in [1.165, 1.54) is 12.6 Å². The Morgan fingerprint density at radius 3 is 2.84 bits per heavy atom. The van der Waals surface area contributed by atoms with Crippen molar-refractivity contribution < 1.29 is 0 Å². The van der Waals surface area contributed by atoms with E-state index in [1.807, 2.05) is 29.1 Å². The van der Waals surface area contributed by atoms with Gasteiger partial charge in [0.1, 0.15) is 5.69 Å². The smallest absolute Gasteiger partial charge is 0.293 e. The molecule has 0 saturated heterocycles. The summed E-state index contributed by atoms with van der Waals surface area (Å²) in [6.07, 6.45) is 8.78. The molecule has 1 fully saturated rings. The van der Waals surface area contributed by atoms with Crippen LogP contribution in [0, 0.1) is 0 Å². The van der Waals surface area contributed by atoms with Gasteiger partial charge in [-0.3, -0.25) is 9.48 Å². The maximum Gasteiger partial charge on any atom is 0.293 e. The Bertz CT molecular complexity index is 1540. The molecule has 1 aliphatic carbocycles. The van der Waals surface area contributed by atoms with E-state index < -0.39 is 0 Å². The van der Waals surface area contributed by atoms with E-state index in [0.717, 1.165) is 28.3 Å². The van der Waals surface area contributed by atoms with Gasteiger partial charge in [0.05, 0.1) is 23.3 Å². The maximum atomic E-state index is 12.4. The van der Waals surface area contributed by atoms with Gasteiger partial charge in [0, 0.05) is 22.3 Å². The molecule has 4 aromatic heterocycles. The third-order valence-corrected chi connectivity index (χ3v) is 6.33. The van der Waals surface area contributed by atoms with Crippen molar-refractivity contribution in [2.45, 2.75) is 25.3 Å². The summed E-state index contributed by atoms with van der Waals surface area (Å²) >= 11 is 3.57. The zero-order valence-corrected chi connectivity index (χ0v) is 18.4. The van der Waals surface area contributed by atoms with Crippen molar-refractivity contribution in [3.8, 4) is 11.4 Å². The van der Waals surface area contributed by atoms with Gasteiger partial charge in [-0.05, 0) is 59.5 Å². The molecule has 32 heavy (non-hydrogen) atoms. The van der Waals surface area contributed by atoms with Crippen LogP contribution in [0.3, 0.4) is 0 Å². The van der Waals surface area contributed by atoms with Crippen molar-refractivity contribution in [1.29, 1.82) is 0 Å². The highest BCUT2D eigenvalue weighted by Gasteiger charge is 2.22. The number of aromatic nitrogens is 7. The molecule has 0 spiro atoms. The fourth-order valence-corrected chi connectivity index (χ4v) is 4.23. The highest BCUT2D eigenvalue weighted by molar-refractivity contribution is 9.10. The number of hydrogen-bond donors (Lipinski definition) is 1. The van der Waals surface area contributed by atoms with Crippen LogP contribution in [0.1, 0.15) is 25.3 Å². The van der Waals surface area contributed by atoms with Crippen LogP contribution in [0.5, 0.6) is 0 Å². The normalized spacial score (nSPS) is 14.0. The standard InChI is InChI=1S/C22H17BrN8O/c23-16-8-4-7-15-18(16)27-22(26-17-9-1-2-10-24-21(17)32)31-20(15)28-19(29-31)13-11-25-30(12-13)14-5-3-6-14/h1-2,4,7-12,14H,3,5-6H2,(H,24,26,27,32). The molecule has 4 heterocycles. The number of para-hydroxylation sites is 1. The van der Waals surface area contributed by atoms with E-state index in [9.17, 15) is 4.79 Å². The zero-order chi connectivity index (χ0) is 21.7. The largest absolute Gasteiger partial charge is 0.319 e. The number of anilines is 2. The quantitative estimate of drug-likeness (QED) is 0.405. The third-order valence-electron chi connectivity index (χ3n) is 5.69. The first kappa shape index (κ1) is 19.1. The molecule has 1 aliphatic rings.